The van der Waals surface area contributed by atoms with E-state index < -0.39 is 5.63 Å². The second-order valence-corrected chi connectivity index (χ2v) is 7.30. The van der Waals surface area contributed by atoms with Crippen LogP contribution in [-0.2, 0) is 17.6 Å². The number of nitrogens with one attached hydrogen (secondary N) is 2. The van der Waals surface area contributed by atoms with E-state index in [0.717, 1.165) is 33.4 Å². The molecular weight excluding hydrogens is 370 g/mol. The second-order valence-electron chi connectivity index (χ2n) is 7.30. The molecule has 0 aliphatic heterocycles. The zero-order valence-corrected chi connectivity index (χ0v) is 16.7. The van der Waals surface area contributed by atoms with Gasteiger partial charge in [0.1, 0.15) is 16.9 Å². The van der Waals surface area contributed by atoms with Gasteiger partial charge in [-0.15, -0.1) is 0 Å². The third-order valence-electron chi connectivity index (χ3n) is 5.46. The Morgan fingerprint density at radius 3 is 2.59 bits per heavy atom. The maximum atomic E-state index is 12.5. The molecule has 4 rings (SSSR count). The Hall–Kier alpha value is -3.35. The topological polar surface area (TPSA) is 101 Å². The molecule has 0 fully saturated rings. The number of amides is 1. The largest absolute Gasteiger partial charge is 0.461 e. The number of aryl methyl sites for hydroxylation is 3. The Bertz CT molecular complexity index is 1250. The van der Waals surface area contributed by atoms with Crippen LogP contribution in [0.15, 0.2) is 38.3 Å². The van der Waals surface area contributed by atoms with Gasteiger partial charge in [-0.3, -0.25) is 4.79 Å². The van der Waals surface area contributed by atoms with Crippen LogP contribution in [0.1, 0.15) is 34.6 Å². The van der Waals surface area contributed by atoms with Crippen molar-refractivity contribution in [2.75, 3.05) is 6.54 Å². The van der Waals surface area contributed by atoms with E-state index in [1.165, 1.54) is 0 Å². The average molecular weight is 393 g/mol. The van der Waals surface area contributed by atoms with Crippen molar-refractivity contribution in [3.05, 3.63) is 63.2 Å². The zero-order chi connectivity index (χ0) is 20.5. The molecule has 0 atom stereocenters. The molecule has 3 heterocycles. The highest BCUT2D eigenvalue weighted by molar-refractivity contribution is 5.96. The number of H-pyrrole nitrogens is 1. The van der Waals surface area contributed by atoms with E-state index in [1.54, 1.807) is 18.6 Å². The number of benzene rings is 1. The Balaban J connectivity index is 1.52. The number of imidazole rings is 1. The van der Waals surface area contributed by atoms with Crippen LogP contribution in [0.5, 0.6) is 0 Å². The molecule has 0 unspecified atom stereocenters. The number of carbonyl (C=O) groups is 1. The standard InChI is InChI=1S/C22H23N3O4/c1-12-14(3)28-19-9-20-18(8-17(12)19)13(2)16(22(27)29-20)4-5-21(26)24-7-6-15-10-23-11-25-15/h8-11H,4-7H2,1-3H3,(H,23,25)(H,24,26). The number of carbonyl (C=O) groups excluding carboxylic acids is 1. The van der Waals surface area contributed by atoms with E-state index in [1.807, 2.05) is 26.8 Å². The van der Waals surface area contributed by atoms with Crippen LogP contribution in [-0.4, -0.2) is 22.4 Å². The normalized spacial score (nSPS) is 11.4. The fourth-order valence-electron chi connectivity index (χ4n) is 3.60. The van der Waals surface area contributed by atoms with Crippen molar-refractivity contribution < 1.29 is 13.6 Å². The molecule has 7 nitrogen and oxygen atoms in total. The third-order valence-corrected chi connectivity index (χ3v) is 5.46. The van der Waals surface area contributed by atoms with Gasteiger partial charge in [-0.2, -0.15) is 0 Å². The van der Waals surface area contributed by atoms with Crippen LogP contribution < -0.4 is 10.9 Å². The van der Waals surface area contributed by atoms with Crippen molar-refractivity contribution in [1.29, 1.82) is 0 Å². The van der Waals surface area contributed by atoms with Gasteiger partial charge < -0.3 is 19.1 Å². The second kappa shape index (κ2) is 7.58. The lowest BCUT2D eigenvalue weighted by Crippen LogP contribution is -2.26. The molecule has 0 spiro atoms. The van der Waals surface area contributed by atoms with Gasteiger partial charge in [0.05, 0.1) is 6.33 Å². The van der Waals surface area contributed by atoms with Crippen molar-refractivity contribution in [3.63, 3.8) is 0 Å². The molecule has 0 aliphatic carbocycles. The Labute approximate surface area is 167 Å². The Morgan fingerprint density at radius 2 is 1.83 bits per heavy atom. The quantitative estimate of drug-likeness (QED) is 0.489. The van der Waals surface area contributed by atoms with Gasteiger partial charge in [0, 0.05) is 53.7 Å². The summed E-state index contributed by atoms with van der Waals surface area (Å²) in [4.78, 5) is 31.6. The molecule has 1 amide bonds. The molecule has 7 heteroatoms. The molecule has 0 bridgehead atoms. The number of furan rings is 1. The lowest BCUT2D eigenvalue weighted by Gasteiger charge is -2.08. The van der Waals surface area contributed by atoms with E-state index in [9.17, 15) is 9.59 Å². The summed E-state index contributed by atoms with van der Waals surface area (Å²) >= 11 is 0. The first kappa shape index (κ1) is 19.0. The van der Waals surface area contributed by atoms with Crippen molar-refractivity contribution in [3.8, 4) is 0 Å². The minimum absolute atomic E-state index is 0.0971. The van der Waals surface area contributed by atoms with Crippen LogP contribution >= 0.6 is 0 Å². The average Bonchev–Trinajstić information content (AvgIpc) is 3.29. The fraction of sp³-hybridized carbons (Fsp3) is 0.318. The van der Waals surface area contributed by atoms with Gasteiger partial charge in [-0.05, 0) is 44.4 Å². The lowest BCUT2D eigenvalue weighted by molar-refractivity contribution is -0.121. The number of fused-ring (bicyclic) bond motifs is 2. The van der Waals surface area contributed by atoms with Crippen molar-refractivity contribution in [2.45, 2.75) is 40.0 Å². The van der Waals surface area contributed by atoms with E-state index in [-0.39, 0.29) is 12.3 Å². The maximum absolute atomic E-state index is 12.5. The molecule has 150 valence electrons. The lowest BCUT2D eigenvalue weighted by atomic mass is 10.0. The van der Waals surface area contributed by atoms with Gasteiger partial charge in [-0.25, -0.2) is 9.78 Å². The number of hydrogen-bond acceptors (Lipinski definition) is 5. The number of aromatic nitrogens is 2. The zero-order valence-electron chi connectivity index (χ0n) is 16.7. The molecular formula is C22H23N3O4. The van der Waals surface area contributed by atoms with Crippen LogP contribution in [0.25, 0.3) is 21.9 Å². The van der Waals surface area contributed by atoms with Crippen LogP contribution in [0.3, 0.4) is 0 Å². The third kappa shape index (κ3) is 3.68. The summed E-state index contributed by atoms with van der Waals surface area (Å²) in [5.74, 6) is 0.752. The highest BCUT2D eigenvalue weighted by Gasteiger charge is 2.16. The number of nitrogens with zero attached hydrogens (tertiary/aromatic N) is 1. The monoisotopic (exact) mass is 393 g/mol. The van der Waals surface area contributed by atoms with Crippen LogP contribution in [0, 0.1) is 20.8 Å². The van der Waals surface area contributed by atoms with E-state index in [4.69, 9.17) is 8.83 Å². The summed E-state index contributed by atoms with van der Waals surface area (Å²) in [6.07, 6.45) is 4.59. The highest BCUT2D eigenvalue weighted by atomic mass is 16.4. The van der Waals surface area contributed by atoms with Gasteiger partial charge in [0.2, 0.25) is 5.91 Å². The summed E-state index contributed by atoms with van der Waals surface area (Å²) in [6.45, 7) is 6.34. The summed E-state index contributed by atoms with van der Waals surface area (Å²) in [6, 6.07) is 3.77. The number of aromatic amines is 1. The summed E-state index contributed by atoms with van der Waals surface area (Å²) in [5, 5.41) is 4.75. The first-order chi connectivity index (χ1) is 13.9. The molecule has 4 aromatic rings. The van der Waals surface area contributed by atoms with E-state index in [0.29, 0.717) is 36.1 Å². The maximum Gasteiger partial charge on any atom is 0.339 e. The summed E-state index contributed by atoms with van der Waals surface area (Å²) < 4.78 is 11.3. The fourth-order valence-corrected chi connectivity index (χ4v) is 3.60. The predicted octanol–water partition coefficient (Wildman–Crippen LogP) is 3.48. The van der Waals surface area contributed by atoms with Gasteiger partial charge in [0.25, 0.3) is 0 Å². The highest BCUT2D eigenvalue weighted by Crippen LogP contribution is 2.31. The number of rotatable bonds is 6. The van der Waals surface area contributed by atoms with Gasteiger partial charge in [0.15, 0.2) is 0 Å². The Kier molecular flexibility index (Phi) is 4.96. The number of hydrogen-bond donors (Lipinski definition) is 2. The Morgan fingerprint density at radius 1 is 1.07 bits per heavy atom. The van der Waals surface area contributed by atoms with Crippen LogP contribution in [0.2, 0.25) is 0 Å². The molecule has 0 saturated carbocycles. The van der Waals surface area contributed by atoms with Crippen molar-refractivity contribution in [1.82, 2.24) is 15.3 Å². The van der Waals surface area contributed by atoms with E-state index >= 15 is 0 Å². The molecule has 0 aliphatic rings. The first-order valence-corrected chi connectivity index (χ1v) is 9.64. The van der Waals surface area contributed by atoms with E-state index in [2.05, 4.69) is 15.3 Å². The minimum atomic E-state index is -0.403. The van der Waals surface area contributed by atoms with Crippen LogP contribution in [0.4, 0.5) is 0 Å². The summed E-state index contributed by atoms with van der Waals surface area (Å²) in [7, 11) is 0. The van der Waals surface area contributed by atoms with Crippen molar-refractivity contribution >= 4 is 27.8 Å². The smallest absolute Gasteiger partial charge is 0.339 e. The summed E-state index contributed by atoms with van der Waals surface area (Å²) in [5.41, 5.74) is 4.23. The molecule has 0 saturated heterocycles. The molecule has 2 N–H and O–H groups in total. The van der Waals surface area contributed by atoms with Gasteiger partial charge >= 0.3 is 5.63 Å². The van der Waals surface area contributed by atoms with Gasteiger partial charge in [-0.1, -0.05) is 0 Å². The minimum Gasteiger partial charge on any atom is -0.461 e. The van der Waals surface area contributed by atoms with Crippen molar-refractivity contribution in [2.24, 2.45) is 0 Å². The predicted molar refractivity (Wildman–Crippen MR) is 110 cm³/mol. The molecule has 29 heavy (non-hydrogen) atoms. The first-order valence-electron chi connectivity index (χ1n) is 9.64. The molecule has 1 aromatic carbocycles. The molecule has 3 aromatic heterocycles. The SMILES string of the molecule is Cc1oc2cc3oc(=O)c(CCC(=O)NCCc4cnc[nH]4)c(C)c3cc2c1C. The molecule has 0 radical (unpaired) electrons.